The summed E-state index contributed by atoms with van der Waals surface area (Å²) in [6.45, 7) is 2.51. The zero-order chi connectivity index (χ0) is 11.8. The molecule has 0 aliphatic carbocycles. The predicted molar refractivity (Wildman–Crippen MR) is 62.1 cm³/mol. The molecule has 1 aromatic rings. The van der Waals surface area contributed by atoms with Crippen LogP contribution in [0.5, 0.6) is 0 Å². The minimum Gasteiger partial charge on any atom is -0.300 e. The molecule has 0 spiro atoms. The van der Waals surface area contributed by atoms with Gasteiger partial charge in [-0.05, 0) is 19.1 Å². The van der Waals surface area contributed by atoms with E-state index in [-0.39, 0.29) is 5.78 Å². The van der Waals surface area contributed by atoms with Gasteiger partial charge in [-0.2, -0.15) is 4.31 Å². The Hall–Kier alpha value is -0.720. The van der Waals surface area contributed by atoms with Gasteiger partial charge in [0, 0.05) is 30.8 Å². The Bertz CT molecular complexity index is 494. The van der Waals surface area contributed by atoms with E-state index in [0.29, 0.717) is 30.1 Å². The second kappa shape index (κ2) is 4.27. The van der Waals surface area contributed by atoms with E-state index in [4.69, 9.17) is 0 Å². The van der Waals surface area contributed by atoms with Gasteiger partial charge in [0.2, 0.25) is 0 Å². The molecule has 0 saturated carbocycles. The number of aryl methyl sites for hydroxylation is 1. The van der Waals surface area contributed by atoms with Crippen LogP contribution in [0.25, 0.3) is 0 Å². The summed E-state index contributed by atoms with van der Waals surface area (Å²) >= 11 is 1.27. The molecular weight excluding hydrogens is 246 g/mol. The molecule has 1 aliphatic heterocycles. The third kappa shape index (κ3) is 2.18. The standard InChI is InChI=1S/C10H13NO3S2/c1-8-2-3-10(15-8)16(13,14)11-6-4-9(12)5-7-11/h2-3H,4-7H2,1H3. The van der Waals surface area contributed by atoms with Crippen LogP contribution in [-0.2, 0) is 14.8 Å². The normalized spacial score (nSPS) is 18.9. The molecule has 2 heterocycles. The second-order valence-corrected chi connectivity index (χ2v) is 7.26. The van der Waals surface area contributed by atoms with Crippen LogP contribution in [0.15, 0.2) is 16.3 Å². The van der Waals surface area contributed by atoms with E-state index in [1.165, 1.54) is 15.6 Å². The predicted octanol–water partition coefficient (Wildman–Crippen LogP) is 1.41. The Balaban J connectivity index is 2.23. The fourth-order valence-corrected chi connectivity index (χ4v) is 4.53. The van der Waals surface area contributed by atoms with E-state index in [1.807, 2.05) is 6.92 Å². The highest BCUT2D eigenvalue weighted by Crippen LogP contribution is 2.25. The van der Waals surface area contributed by atoms with Gasteiger partial charge in [-0.25, -0.2) is 8.42 Å². The first-order valence-corrected chi connectivity index (χ1v) is 7.34. The summed E-state index contributed by atoms with van der Waals surface area (Å²) in [6.07, 6.45) is 0.674. The van der Waals surface area contributed by atoms with Gasteiger partial charge in [0.1, 0.15) is 9.99 Å². The van der Waals surface area contributed by atoms with Gasteiger partial charge in [-0.3, -0.25) is 4.79 Å². The fourth-order valence-electron chi connectivity index (χ4n) is 1.65. The largest absolute Gasteiger partial charge is 0.300 e. The highest BCUT2D eigenvalue weighted by Gasteiger charge is 2.29. The molecule has 1 fully saturated rings. The summed E-state index contributed by atoms with van der Waals surface area (Å²) in [6, 6.07) is 3.43. The number of hydrogen-bond donors (Lipinski definition) is 0. The van der Waals surface area contributed by atoms with Crippen LogP contribution in [0, 0.1) is 6.92 Å². The first kappa shape index (κ1) is 11.8. The maximum Gasteiger partial charge on any atom is 0.252 e. The molecule has 88 valence electrons. The van der Waals surface area contributed by atoms with Gasteiger partial charge in [-0.15, -0.1) is 11.3 Å². The molecule has 1 aromatic heterocycles. The summed E-state index contributed by atoms with van der Waals surface area (Å²) in [5.41, 5.74) is 0. The lowest BCUT2D eigenvalue weighted by molar-refractivity contribution is -0.120. The second-order valence-electron chi connectivity index (χ2n) is 3.81. The van der Waals surface area contributed by atoms with Gasteiger partial charge in [0.05, 0.1) is 0 Å². The molecule has 0 bridgehead atoms. The minimum atomic E-state index is -3.37. The van der Waals surface area contributed by atoms with Gasteiger partial charge >= 0.3 is 0 Å². The monoisotopic (exact) mass is 259 g/mol. The molecule has 6 heteroatoms. The Morgan fingerprint density at radius 3 is 2.38 bits per heavy atom. The van der Waals surface area contributed by atoms with E-state index >= 15 is 0 Å². The highest BCUT2D eigenvalue weighted by atomic mass is 32.2. The summed E-state index contributed by atoms with van der Waals surface area (Å²) in [5, 5.41) is 0. The molecule has 0 N–H and O–H groups in total. The quantitative estimate of drug-likeness (QED) is 0.807. The molecular formula is C10H13NO3S2. The lowest BCUT2D eigenvalue weighted by Crippen LogP contribution is -2.38. The van der Waals surface area contributed by atoms with E-state index in [9.17, 15) is 13.2 Å². The van der Waals surface area contributed by atoms with Crippen LogP contribution >= 0.6 is 11.3 Å². The molecule has 1 aliphatic rings. The lowest BCUT2D eigenvalue weighted by Gasteiger charge is -2.24. The molecule has 2 rings (SSSR count). The van der Waals surface area contributed by atoms with Crippen LogP contribution < -0.4 is 0 Å². The van der Waals surface area contributed by atoms with Gasteiger partial charge in [0.15, 0.2) is 0 Å². The number of thiophene rings is 1. The van der Waals surface area contributed by atoms with E-state index in [2.05, 4.69) is 0 Å². The fraction of sp³-hybridized carbons (Fsp3) is 0.500. The maximum atomic E-state index is 12.1. The Kier molecular flexibility index (Phi) is 3.14. The molecule has 4 nitrogen and oxygen atoms in total. The first-order chi connectivity index (χ1) is 7.50. The number of nitrogens with zero attached hydrogens (tertiary/aromatic N) is 1. The number of sulfonamides is 1. The van der Waals surface area contributed by atoms with Crippen molar-refractivity contribution < 1.29 is 13.2 Å². The van der Waals surface area contributed by atoms with Crippen LogP contribution in [0.3, 0.4) is 0 Å². The number of piperidine rings is 1. The molecule has 16 heavy (non-hydrogen) atoms. The molecule has 0 unspecified atom stereocenters. The number of carbonyl (C=O) groups excluding carboxylic acids is 1. The third-order valence-corrected chi connectivity index (χ3v) is 5.96. The summed E-state index contributed by atoms with van der Waals surface area (Å²) in [7, 11) is -3.37. The highest BCUT2D eigenvalue weighted by molar-refractivity contribution is 7.91. The SMILES string of the molecule is Cc1ccc(S(=O)(=O)N2CCC(=O)CC2)s1. The summed E-state index contributed by atoms with van der Waals surface area (Å²) < 4.78 is 26.0. The van der Waals surface area contributed by atoms with Crippen molar-refractivity contribution >= 4 is 27.1 Å². The van der Waals surface area contributed by atoms with Crippen molar-refractivity contribution in [1.82, 2.24) is 4.31 Å². The van der Waals surface area contributed by atoms with Gasteiger partial charge in [-0.1, -0.05) is 0 Å². The van der Waals surface area contributed by atoms with Crippen molar-refractivity contribution in [3.05, 3.63) is 17.0 Å². The van der Waals surface area contributed by atoms with E-state index in [1.54, 1.807) is 12.1 Å². The van der Waals surface area contributed by atoms with E-state index < -0.39 is 10.0 Å². The van der Waals surface area contributed by atoms with Crippen LogP contribution in [0.4, 0.5) is 0 Å². The number of hydrogen-bond acceptors (Lipinski definition) is 4. The average molecular weight is 259 g/mol. The number of ketones is 1. The Labute approximate surface area is 98.9 Å². The third-order valence-electron chi connectivity index (χ3n) is 2.59. The smallest absolute Gasteiger partial charge is 0.252 e. The van der Waals surface area contributed by atoms with Crippen LogP contribution in [-0.4, -0.2) is 31.6 Å². The number of carbonyl (C=O) groups is 1. The molecule has 1 saturated heterocycles. The van der Waals surface area contributed by atoms with Crippen molar-refractivity contribution in [2.24, 2.45) is 0 Å². The van der Waals surface area contributed by atoms with Crippen molar-refractivity contribution in [3.8, 4) is 0 Å². The number of Topliss-reactive ketones (excluding diaryl/α,β-unsaturated/α-hetero) is 1. The average Bonchev–Trinajstić information content (AvgIpc) is 2.66. The Morgan fingerprint density at radius 1 is 1.25 bits per heavy atom. The molecule has 0 radical (unpaired) electrons. The topological polar surface area (TPSA) is 54.5 Å². The Morgan fingerprint density at radius 2 is 1.88 bits per heavy atom. The van der Waals surface area contributed by atoms with Crippen molar-refractivity contribution in [2.45, 2.75) is 24.0 Å². The van der Waals surface area contributed by atoms with E-state index in [0.717, 1.165) is 4.88 Å². The van der Waals surface area contributed by atoms with Gasteiger partial charge < -0.3 is 0 Å². The molecule has 0 atom stereocenters. The molecule has 0 amide bonds. The number of rotatable bonds is 2. The summed E-state index contributed by atoms with van der Waals surface area (Å²) in [4.78, 5) is 12.0. The van der Waals surface area contributed by atoms with Crippen molar-refractivity contribution in [2.75, 3.05) is 13.1 Å². The first-order valence-electron chi connectivity index (χ1n) is 5.08. The lowest BCUT2D eigenvalue weighted by atomic mass is 10.1. The minimum absolute atomic E-state index is 0.147. The van der Waals surface area contributed by atoms with Crippen molar-refractivity contribution in [3.63, 3.8) is 0 Å². The zero-order valence-electron chi connectivity index (χ0n) is 8.97. The van der Waals surface area contributed by atoms with Crippen molar-refractivity contribution in [1.29, 1.82) is 0 Å². The van der Waals surface area contributed by atoms with Crippen LogP contribution in [0.1, 0.15) is 17.7 Å². The van der Waals surface area contributed by atoms with Crippen LogP contribution in [0.2, 0.25) is 0 Å². The summed E-state index contributed by atoms with van der Waals surface area (Å²) in [5.74, 6) is 0.147. The maximum absolute atomic E-state index is 12.1. The zero-order valence-corrected chi connectivity index (χ0v) is 10.6. The van der Waals surface area contributed by atoms with Gasteiger partial charge in [0.25, 0.3) is 10.0 Å². The molecule has 0 aromatic carbocycles.